The number of hydrogen-bond acceptors (Lipinski definition) is 4. The number of hydrogen-bond donors (Lipinski definition) is 2. The van der Waals surface area contributed by atoms with E-state index in [-0.39, 0.29) is 6.10 Å². The van der Waals surface area contributed by atoms with Crippen LogP contribution in [-0.2, 0) is 6.54 Å². The molecule has 0 radical (unpaired) electrons. The molecule has 3 aromatic rings. The third-order valence-corrected chi connectivity index (χ3v) is 4.31. The molecule has 114 valence electrons. The zero-order valence-corrected chi connectivity index (χ0v) is 12.3. The number of nitrogens with one attached hydrogen (secondary N) is 1. The fraction of sp³-hybridized carbons (Fsp3) is 0.353. The van der Waals surface area contributed by atoms with Crippen LogP contribution in [0, 0.1) is 0 Å². The molecule has 0 bridgehead atoms. The number of β-amino-alcohol motifs (C(OH)–C–C–N with tert-alkyl or cyclic N) is 1. The van der Waals surface area contributed by atoms with Gasteiger partial charge in [-0.1, -0.05) is 0 Å². The van der Waals surface area contributed by atoms with Crippen molar-refractivity contribution in [2.45, 2.75) is 25.5 Å². The summed E-state index contributed by atoms with van der Waals surface area (Å²) >= 11 is 0. The van der Waals surface area contributed by atoms with Gasteiger partial charge < -0.3 is 14.5 Å². The second-order valence-electron chi connectivity index (χ2n) is 5.89. The van der Waals surface area contributed by atoms with Gasteiger partial charge in [0.25, 0.3) is 0 Å². The molecule has 1 saturated heterocycles. The number of likely N-dealkylation sites (tertiary alicyclic amines) is 1. The van der Waals surface area contributed by atoms with Crippen LogP contribution in [0.3, 0.4) is 0 Å². The maximum atomic E-state index is 9.89. The molecular formula is C17H19N3O2. The minimum atomic E-state index is -0.218. The highest BCUT2D eigenvalue weighted by Crippen LogP contribution is 2.31. The van der Waals surface area contributed by atoms with Crippen LogP contribution < -0.4 is 0 Å². The van der Waals surface area contributed by atoms with E-state index in [4.69, 9.17) is 4.42 Å². The van der Waals surface area contributed by atoms with E-state index in [1.54, 1.807) is 12.5 Å². The van der Waals surface area contributed by atoms with E-state index >= 15 is 0 Å². The minimum absolute atomic E-state index is 0.218. The standard InChI is InChI=1S/C17H19N3O2/c21-12-4-2-8-20(10-12)11-14-13-5-1-7-18-17(13)19-16(14)15-6-3-9-22-15/h1,3,5-7,9,12,21H,2,4,8,10-11H2,(H,18,19)/t12-/m0/s1. The van der Waals surface area contributed by atoms with Crippen LogP contribution in [0.4, 0.5) is 0 Å². The van der Waals surface area contributed by atoms with Crippen molar-refractivity contribution < 1.29 is 9.52 Å². The van der Waals surface area contributed by atoms with Gasteiger partial charge in [0.2, 0.25) is 0 Å². The van der Waals surface area contributed by atoms with Crippen LogP contribution in [0.5, 0.6) is 0 Å². The molecule has 1 atom stereocenters. The molecule has 4 rings (SSSR count). The monoisotopic (exact) mass is 297 g/mol. The maximum absolute atomic E-state index is 9.89. The van der Waals surface area contributed by atoms with Gasteiger partial charge in [-0.2, -0.15) is 0 Å². The molecule has 0 aromatic carbocycles. The normalized spacial score (nSPS) is 19.8. The number of H-pyrrole nitrogens is 1. The summed E-state index contributed by atoms with van der Waals surface area (Å²) in [6, 6.07) is 7.89. The van der Waals surface area contributed by atoms with Crippen molar-refractivity contribution >= 4 is 11.0 Å². The van der Waals surface area contributed by atoms with Gasteiger partial charge in [0.15, 0.2) is 0 Å². The van der Waals surface area contributed by atoms with Gasteiger partial charge in [0.1, 0.15) is 11.4 Å². The van der Waals surface area contributed by atoms with Crippen LogP contribution in [0.25, 0.3) is 22.5 Å². The molecule has 0 spiro atoms. The zero-order valence-electron chi connectivity index (χ0n) is 12.3. The Labute approximate surface area is 128 Å². The summed E-state index contributed by atoms with van der Waals surface area (Å²) in [6.45, 7) is 2.53. The number of aromatic amines is 1. The third-order valence-electron chi connectivity index (χ3n) is 4.31. The van der Waals surface area contributed by atoms with Crippen LogP contribution >= 0.6 is 0 Å². The predicted octanol–water partition coefficient (Wildman–Crippen LogP) is 2.78. The molecule has 4 heterocycles. The molecule has 5 nitrogen and oxygen atoms in total. The quantitative estimate of drug-likeness (QED) is 0.780. The smallest absolute Gasteiger partial charge is 0.150 e. The first kappa shape index (κ1) is 13.5. The van der Waals surface area contributed by atoms with Crippen molar-refractivity contribution in [3.05, 3.63) is 42.3 Å². The fourth-order valence-electron chi connectivity index (χ4n) is 3.27. The molecule has 0 unspecified atom stereocenters. The number of piperidine rings is 1. The predicted molar refractivity (Wildman–Crippen MR) is 84.3 cm³/mol. The van der Waals surface area contributed by atoms with Crippen molar-refractivity contribution in [3.63, 3.8) is 0 Å². The van der Waals surface area contributed by atoms with Gasteiger partial charge in [-0.15, -0.1) is 0 Å². The first-order valence-electron chi connectivity index (χ1n) is 7.71. The van der Waals surface area contributed by atoms with Gasteiger partial charge in [0.05, 0.1) is 18.1 Å². The van der Waals surface area contributed by atoms with Crippen molar-refractivity contribution in [2.75, 3.05) is 13.1 Å². The van der Waals surface area contributed by atoms with Crippen molar-refractivity contribution in [3.8, 4) is 11.5 Å². The van der Waals surface area contributed by atoms with Gasteiger partial charge >= 0.3 is 0 Å². The zero-order chi connectivity index (χ0) is 14.9. The third kappa shape index (κ3) is 2.42. The first-order valence-corrected chi connectivity index (χ1v) is 7.71. The number of aliphatic hydroxyl groups excluding tert-OH is 1. The Morgan fingerprint density at radius 1 is 1.36 bits per heavy atom. The summed E-state index contributed by atoms with van der Waals surface area (Å²) in [5, 5.41) is 11.0. The second kappa shape index (κ2) is 5.59. The highest BCUT2D eigenvalue weighted by molar-refractivity contribution is 5.87. The van der Waals surface area contributed by atoms with Gasteiger partial charge in [-0.3, -0.25) is 4.90 Å². The Morgan fingerprint density at radius 3 is 3.14 bits per heavy atom. The topological polar surface area (TPSA) is 65.3 Å². The lowest BCUT2D eigenvalue weighted by molar-refractivity contribution is 0.0671. The summed E-state index contributed by atoms with van der Waals surface area (Å²) in [5.74, 6) is 0.825. The van der Waals surface area contributed by atoms with Crippen molar-refractivity contribution in [2.24, 2.45) is 0 Å². The number of nitrogens with zero attached hydrogens (tertiary/aromatic N) is 2. The highest BCUT2D eigenvalue weighted by atomic mass is 16.3. The fourth-order valence-corrected chi connectivity index (χ4v) is 3.27. The largest absolute Gasteiger partial charge is 0.463 e. The summed E-state index contributed by atoms with van der Waals surface area (Å²) in [7, 11) is 0. The first-order chi connectivity index (χ1) is 10.8. The van der Waals surface area contributed by atoms with E-state index in [1.807, 2.05) is 18.2 Å². The SMILES string of the molecule is O[C@H]1CCCN(Cc2c(-c3ccco3)[nH]c3ncccc23)C1. The van der Waals surface area contributed by atoms with Crippen LogP contribution in [0.2, 0.25) is 0 Å². The summed E-state index contributed by atoms with van der Waals surface area (Å²) in [6.07, 6.45) is 5.20. The molecule has 0 saturated carbocycles. The lowest BCUT2D eigenvalue weighted by Gasteiger charge is -2.30. The Bertz CT molecular complexity index is 763. The average Bonchev–Trinajstić information content (AvgIpc) is 3.15. The average molecular weight is 297 g/mol. The van der Waals surface area contributed by atoms with Crippen LogP contribution in [-0.4, -0.2) is 39.2 Å². The molecule has 1 aliphatic rings. The molecule has 2 N–H and O–H groups in total. The molecule has 3 aromatic heterocycles. The molecule has 0 amide bonds. The van der Waals surface area contributed by atoms with Gasteiger partial charge in [-0.05, 0) is 43.7 Å². The summed E-state index contributed by atoms with van der Waals surface area (Å²) in [5.41, 5.74) is 3.05. The molecule has 1 aliphatic heterocycles. The van der Waals surface area contributed by atoms with Gasteiger partial charge in [-0.25, -0.2) is 4.98 Å². The Balaban J connectivity index is 1.75. The number of aliphatic hydroxyl groups is 1. The number of aromatic nitrogens is 2. The molecular weight excluding hydrogens is 278 g/mol. The number of furan rings is 1. The van der Waals surface area contributed by atoms with Crippen molar-refractivity contribution in [1.82, 2.24) is 14.9 Å². The number of pyridine rings is 1. The van der Waals surface area contributed by atoms with Crippen molar-refractivity contribution in [1.29, 1.82) is 0 Å². The molecule has 5 heteroatoms. The van der Waals surface area contributed by atoms with E-state index in [0.717, 1.165) is 55.0 Å². The minimum Gasteiger partial charge on any atom is -0.463 e. The van der Waals surface area contributed by atoms with E-state index in [0.29, 0.717) is 0 Å². The van der Waals surface area contributed by atoms with Gasteiger partial charge in [0, 0.05) is 30.2 Å². The Hall–Kier alpha value is -2.11. The highest BCUT2D eigenvalue weighted by Gasteiger charge is 2.22. The van der Waals surface area contributed by atoms with E-state index in [1.165, 1.54) is 5.56 Å². The summed E-state index contributed by atoms with van der Waals surface area (Å²) < 4.78 is 5.57. The van der Waals surface area contributed by atoms with E-state index in [9.17, 15) is 5.11 Å². The second-order valence-corrected chi connectivity index (χ2v) is 5.89. The number of fused-ring (bicyclic) bond motifs is 1. The van der Waals surface area contributed by atoms with Crippen LogP contribution in [0.15, 0.2) is 41.1 Å². The molecule has 0 aliphatic carbocycles. The lowest BCUT2D eigenvalue weighted by Crippen LogP contribution is -2.37. The number of rotatable bonds is 3. The maximum Gasteiger partial charge on any atom is 0.150 e. The van der Waals surface area contributed by atoms with Crippen LogP contribution in [0.1, 0.15) is 18.4 Å². The van der Waals surface area contributed by atoms with E-state index in [2.05, 4.69) is 20.9 Å². The lowest BCUT2D eigenvalue weighted by atomic mass is 10.1. The Kier molecular flexibility index (Phi) is 3.44. The van der Waals surface area contributed by atoms with E-state index < -0.39 is 0 Å². The Morgan fingerprint density at radius 2 is 2.32 bits per heavy atom. The molecule has 22 heavy (non-hydrogen) atoms. The molecule has 1 fully saturated rings. The summed E-state index contributed by atoms with van der Waals surface area (Å²) in [4.78, 5) is 10.1.